The molecule has 2 rings (SSSR count). The molecule has 0 unspecified atom stereocenters. The van der Waals surface area contributed by atoms with Crippen molar-refractivity contribution in [2.75, 3.05) is 37.7 Å². The summed E-state index contributed by atoms with van der Waals surface area (Å²) in [6.45, 7) is 4.52. The molecule has 0 saturated carbocycles. The number of esters is 1. The number of nitrogens with zero attached hydrogens (tertiary/aromatic N) is 2. The normalized spacial score (nSPS) is 14.7. The lowest BCUT2D eigenvalue weighted by molar-refractivity contribution is -0.148. The van der Waals surface area contributed by atoms with Crippen molar-refractivity contribution in [1.82, 2.24) is 4.90 Å². The highest BCUT2D eigenvalue weighted by Gasteiger charge is 2.23. The molecule has 0 atom stereocenters. The van der Waals surface area contributed by atoms with Crippen LogP contribution in [0.4, 0.5) is 10.1 Å². The largest absolute Gasteiger partial charge is 0.452 e. The van der Waals surface area contributed by atoms with Crippen LogP contribution in [0.3, 0.4) is 0 Å². The molecule has 134 valence electrons. The van der Waals surface area contributed by atoms with Gasteiger partial charge in [0.1, 0.15) is 5.82 Å². The molecule has 1 aliphatic heterocycles. The molecule has 1 saturated heterocycles. The Morgan fingerprint density at radius 2 is 1.88 bits per heavy atom. The second kappa shape index (κ2) is 8.41. The monoisotopic (exact) mass is 348 g/mol. The Hall–Kier alpha value is -2.70. The van der Waals surface area contributed by atoms with Crippen molar-refractivity contribution in [3.8, 4) is 0 Å². The van der Waals surface area contributed by atoms with Crippen molar-refractivity contribution in [3.05, 3.63) is 41.7 Å². The number of rotatable bonds is 5. The van der Waals surface area contributed by atoms with Gasteiger partial charge >= 0.3 is 5.97 Å². The Morgan fingerprint density at radius 1 is 1.20 bits per heavy atom. The van der Waals surface area contributed by atoms with Gasteiger partial charge in [-0.25, -0.2) is 9.18 Å². The molecule has 1 heterocycles. The molecule has 0 radical (unpaired) electrons. The van der Waals surface area contributed by atoms with E-state index in [1.165, 1.54) is 25.1 Å². The summed E-state index contributed by atoms with van der Waals surface area (Å²) in [5.74, 6) is -1.46. The molecule has 1 aromatic rings. The Bertz CT molecular complexity index is 694. The number of Topliss-reactive ketones (excluding diaryl/α,β-unsaturated/α-hetero) is 1. The fourth-order valence-electron chi connectivity index (χ4n) is 2.59. The van der Waals surface area contributed by atoms with Crippen LogP contribution < -0.4 is 4.90 Å². The van der Waals surface area contributed by atoms with Crippen LogP contribution in [-0.4, -0.2) is 55.3 Å². The maximum atomic E-state index is 14.2. The van der Waals surface area contributed by atoms with Gasteiger partial charge in [-0.15, -0.1) is 0 Å². The van der Waals surface area contributed by atoms with E-state index in [1.54, 1.807) is 24.0 Å². The summed E-state index contributed by atoms with van der Waals surface area (Å²) in [6.07, 6.45) is 2.79. The minimum atomic E-state index is -0.554. The van der Waals surface area contributed by atoms with E-state index >= 15 is 0 Å². The van der Waals surface area contributed by atoms with E-state index in [9.17, 15) is 18.8 Å². The number of hydrogen-bond donors (Lipinski definition) is 0. The molecule has 0 bridgehead atoms. The van der Waals surface area contributed by atoms with E-state index in [4.69, 9.17) is 4.74 Å². The van der Waals surface area contributed by atoms with E-state index in [0.29, 0.717) is 37.4 Å². The average molecular weight is 348 g/mol. The maximum Gasteiger partial charge on any atom is 0.330 e. The van der Waals surface area contributed by atoms with E-state index < -0.39 is 11.8 Å². The number of carbonyl (C=O) groups excluding carboxylic acids is 3. The van der Waals surface area contributed by atoms with Gasteiger partial charge in [-0.3, -0.25) is 9.59 Å². The van der Waals surface area contributed by atoms with Gasteiger partial charge in [-0.1, -0.05) is 6.08 Å². The van der Waals surface area contributed by atoms with Crippen LogP contribution in [0.15, 0.2) is 30.4 Å². The zero-order chi connectivity index (χ0) is 18.4. The predicted octanol–water partition coefficient (Wildman–Crippen LogP) is 1.80. The zero-order valence-corrected chi connectivity index (χ0v) is 14.3. The van der Waals surface area contributed by atoms with Gasteiger partial charge in [0.15, 0.2) is 12.4 Å². The van der Waals surface area contributed by atoms with Crippen molar-refractivity contribution in [3.63, 3.8) is 0 Å². The number of allylic oxidation sites excluding steroid dienone is 1. The summed E-state index contributed by atoms with van der Waals surface area (Å²) < 4.78 is 19.0. The van der Waals surface area contributed by atoms with Crippen LogP contribution in [-0.2, 0) is 14.3 Å². The van der Waals surface area contributed by atoms with Gasteiger partial charge < -0.3 is 14.5 Å². The number of carbonyl (C=O) groups is 3. The summed E-state index contributed by atoms with van der Waals surface area (Å²) >= 11 is 0. The molecule has 1 fully saturated rings. The quantitative estimate of drug-likeness (QED) is 0.461. The van der Waals surface area contributed by atoms with Crippen molar-refractivity contribution in [2.24, 2.45) is 0 Å². The molecular weight excluding hydrogens is 327 g/mol. The Kier molecular flexibility index (Phi) is 6.27. The molecule has 6 nitrogen and oxygen atoms in total. The summed E-state index contributed by atoms with van der Waals surface area (Å²) in [5.41, 5.74) is 0.745. The van der Waals surface area contributed by atoms with Gasteiger partial charge in [0, 0.05) is 37.8 Å². The molecule has 0 N–H and O–H groups in total. The number of benzene rings is 1. The predicted molar refractivity (Wildman–Crippen MR) is 91.0 cm³/mol. The first-order valence-corrected chi connectivity index (χ1v) is 8.05. The highest BCUT2D eigenvalue weighted by atomic mass is 19.1. The van der Waals surface area contributed by atoms with E-state index in [0.717, 1.165) is 0 Å². The van der Waals surface area contributed by atoms with Gasteiger partial charge in [0.05, 0.1) is 5.69 Å². The summed E-state index contributed by atoms with van der Waals surface area (Å²) in [5, 5.41) is 0. The van der Waals surface area contributed by atoms with Crippen LogP contribution in [0.5, 0.6) is 0 Å². The van der Waals surface area contributed by atoms with Gasteiger partial charge in [0.2, 0.25) is 0 Å². The van der Waals surface area contributed by atoms with Crippen LogP contribution in [0, 0.1) is 5.82 Å². The molecule has 0 spiro atoms. The van der Waals surface area contributed by atoms with Gasteiger partial charge in [-0.05, 0) is 32.0 Å². The molecule has 1 amide bonds. The molecule has 25 heavy (non-hydrogen) atoms. The number of anilines is 1. The van der Waals surface area contributed by atoms with Crippen molar-refractivity contribution in [2.45, 2.75) is 13.8 Å². The number of piperazine rings is 1. The van der Waals surface area contributed by atoms with Crippen molar-refractivity contribution < 1.29 is 23.5 Å². The summed E-state index contributed by atoms with van der Waals surface area (Å²) in [7, 11) is 0. The topological polar surface area (TPSA) is 66.9 Å². The molecule has 0 aromatic heterocycles. The third-order valence-electron chi connectivity index (χ3n) is 3.97. The highest BCUT2D eigenvalue weighted by molar-refractivity contribution is 5.94. The average Bonchev–Trinajstić information content (AvgIpc) is 2.60. The first-order valence-electron chi connectivity index (χ1n) is 8.05. The molecule has 7 heteroatoms. The van der Waals surface area contributed by atoms with Crippen molar-refractivity contribution >= 4 is 23.3 Å². The smallest absolute Gasteiger partial charge is 0.330 e. The lowest BCUT2D eigenvalue weighted by Crippen LogP contribution is -2.50. The Balaban J connectivity index is 1.90. The van der Waals surface area contributed by atoms with Crippen molar-refractivity contribution in [1.29, 1.82) is 0 Å². The minimum absolute atomic E-state index is 0.187. The van der Waals surface area contributed by atoms with E-state index in [1.807, 2.05) is 4.90 Å². The first kappa shape index (κ1) is 18.6. The van der Waals surface area contributed by atoms with Gasteiger partial charge in [-0.2, -0.15) is 0 Å². The lowest BCUT2D eigenvalue weighted by Gasteiger charge is -2.36. The van der Waals surface area contributed by atoms with Crippen LogP contribution in [0.1, 0.15) is 24.2 Å². The SMILES string of the molecule is C/C=C/C(=O)OCC(=O)N1CCN(c2ccc(C(C)=O)cc2F)CC1. The molecular formula is C18H21FN2O4. The number of hydrogen-bond acceptors (Lipinski definition) is 5. The standard InChI is InChI=1S/C18H21FN2O4/c1-3-4-18(24)25-12-17(23)21-9-7-20(8-10-21)16-6-5-14(13(2)22)11-15(16)19/h3-6,11H,7-10,12H2,1-2H3/b4-3+. The summed E-state index contributed by atoms with van der Waals surface area (Å²) in [4.78, 5) is 38.0. The number of amides is 1. The fraction of sp³-hybridized carbons (Fsp3) is 0.389. The first-order chi connectivity index (χ1) is 11.9. The highest BCUT2D eigenvalue weighted by Crippen LogP contribution is 2.22. The second-order valence-corrected chi connectivity index (χ2v) is 5.70. The Labute approximate surface area is 145 Å². The third kappa shape index (κ3) is 4.89. The Morgan fingerprint density at radius 3 is 2.44 bits per heavy atom. The minimum Gasteiger partial charge on any atom is -0.452 e. The summed E-state index contributed by atoms with van der Waals surface area (Å²) in [6, 6.07) is 4.41. The van der Waals surface area contributed by atoms with E-state index in [-0.39, 0.29) is 18.3 Å². The molecule has 1 aliphatic rings. The lowest BCUT2D eigenvalue weighted by atomic mass is 10.1. The third-order valence-corrected chi connectivity index (χ3v) is 3.97. The van der Waals surface area contributed by atoms with Gasteiger partial charge in [0.25, 0.3) is 5.91 Å². The van der Waals surface area contributed by atoms with Crippen LogP contribution >= 0.6 is 0 Å². The van der Waals surface area contributed by atoms with Crippen LogP contribution in [0.2, 0.25) is 0 Å². The maximum absolute atomic E-state index is 14.2. The molecule has 0 aliphatic carbocycles. The zero-order valence-electron chi connectivity index (χ0n) is 14.3. The molecule has 1 aromatic carbocycles. The number of ether oxygens (including phenoxy) is 1. The van der Waals surface area contributed by atoms with Crippen LogP contribution in [0.25, 0.3) is 0 Å². The number of ketones is 1. The van der Waals surface area contributed by atoms with E-state index in [2.05, 4.69) is 0 Å². The number of halogens is 1. The fourth-order valence-corrected chi connectivity index (χ4v) is 2.59. The second-order valence-electron chi connectivity index (χ2n) is 5.70.